The standard InChI is InChI=1S/C14H26N2O3/c1-8(2)9(16(5)6)7-15-12(17)10-11(13(18)19)14(10,3)4/h8-11H,7H2,1-6H3,(H,15,17)(H,18,19). The maximum absolute atomic E-state index is 12.1. The number of carbonyl (C=O) groups excluding carboxylic acids is 1. The van der Waals surface area contributed by atoms with Crippen LogP contribution < -0.4 is 5.32 Å². The van der Waals surface area contributed by atoms with Crippen LogP contribution in [0.4, 0.5) is 0 Å². The van der Waals surface area contributed by atoms with Gasteiger partial charge < -0.3 is 15.3 Å². The van der Waals surface area contributed by atoms with Gasteiger partial charge in [0.05, 0.1) is 11.8 Å². The Hall–Kier alpha value is -1.10. The number of carboxylic acid groups (broad SMARTS) is 1. The summed E-state index contributed by atoms with van der Waals surface area (Å²) >= 11 is 0. The number of carboxylic acids is 1. The lowest BCUT2D eigenvalue weighted by Gasteiger charge is -2.28. The van der Waals surface area contributed by atoms with E-state index in [2.05, 4.69) is 24.1 Å². The minimum absolute atomic E-state index is 0.134. The molecule has 0 saturated heterocycles. The third-order valence-electron chi connectivity index (χ3n) is 4.29. The molecule has 5 nitrogen and oxygen atoms in total. The Morgan fingerprint density at radius 1 is 1.26 bits per heavy atom. The fourth-order valence-electron chi connectivity index (χ4n) is 2.92. The van der Waals surface area contributed by atoms with E-state index in [4.69, 9.17) is 5.11 Å². The fraction of sp³-hybridized carbons (Fsp3) is 0.857. The number of hydrogen-bond acceptors (Lipinski definition) is 3. The van der Waals surface area contributed by atoms with Gasteiger partial charge in [0.2, 0.25) is 5.91 Å². The van der Waals surface area contributed by atoms with E-state index in [0.29, 0.717) is 12.5 Å². The van der Waals surface area contributed by atoms with Crippen LogP contribution in [0.25, 0.3) is 0 Å². The lowest BCUT2D eigenvalue weighted by atomic mass is 10.0. The summed E-state index contributed by atoms with van der Waals surface area (Å²) in [7, 11) is 3.97. The molecule has 19 heavy (non-hydrogen) atoms. The molecule has 0 heterocycles. The van der Waals surface area contributed by atoms with E-state index in [0.717, 1.165) is 0 Å². The van der Waals surface area contributed by atoms with Crippen LogP contribution in [-0.2, 0) is 9.59 Å². The SMILES string of the molecule is CC(C)C(CNC(=O)C1C(C(=O)O)C1(C)C)N(C)C. The first-order valence-corrected chi connectivity index (χ1v) is 6.77. The number of likely N-dealkylation sites (N-methyl/N-ethyl adjacent to an activating group) is 1. The highest BCUT2D eigenvalue weighted by Gasteiger charge is 2.65. The molecule has 110 valence electrons. The highest BCUT2D eigenvalue weighted by atomic mass is 16.4. The zero-order valence-electron chi connectivity index (χ0n) is 12.7. The van der Waals surface area contributed by atoms with Crippen LogP contribution in [0, 0.1) is 23.2 Å². The van der Waals surface area contributed by atoms with E-state index in [1.165, 1.54) is 0 Å². The average molecular weight is 270 g/mol. The van der Waals surface area contributed by atoms with Gasteiger partial charge in [-0.1, -0.05) is 27.7 Å². The number of aliphatic carboxylic acids is 1. The Morgan fingerprint density at radius 2 is 1.79 bits per heavy atom. The maximum Gasteiger partial charge on any atom is 0.307 e. The van der Waals surface area contributed by atoms with E-state index in [1.54, 1.807) is 0 Å². The molecular formula is C14H26N2O3. The summed E-state index contributed by atoms with van der Waals surface area (Å²) < 4.78 is 0. The van der Waals surface area contributed by atoms with Crippen LogP contribution in [0.5, 0.6) is 0 Å². The molecule has 0 aliphatic heterocycles. The molecule has 0 spiro atoms. The minimum atomic E-state index is -0.877. The second-order valence-corrected chi connectivity index (χ2v) is 6.64. The number of rotatable bonds is 6. The lowest BCUT2D eigenvalue weighted by molar-refractivity contribution is -0.140. The summed E-state index contributed by atoms with van der Waals surface area (Å²) in [6.45, 7) is 8.45. The largest absolute Gasteiger partial charge is 0.481 e. The van der Waals surface area contributed by atoms with Gasteiger partial charge in [0.15, 0.2) is 0 Å². The molecule has 0 aromatic rings. The van der Waals surface area contributed by atoms with Crippen molar-refractivity contribution in [3.63, 3.8) is 0 Å². The number of amides is 1. The second kappa shape index (κ2) is 5.49. The molecule has 1 aliphatic rings. The van der Waals surface area contributed by atoms with Gasteiger partial charge in [-0.2, -0.15) is 0 Å². The highest BCUT2D eigenvalue weighted by molar-refractivity contribution is 5.91. The molecule has 0 aromatic carbocycles. The molecule has 2 N–H and O–H groups in total. The summed E-state index contributed by atoms with van der Waals surface area (Å²) in [5.74, 6) is -1.54. The van der Waals surface area contributed by atoms with Gasteiger partial charge in [0.1, 0.15) is 0 Å². The fourth-order valence-corrected chi connectivity index (χ4v) is 2.92. The molecular weight excluding hydrogens is 244 g/mol. The van der Waals surface area contributed by atoms with Crippen LogP contribution >= 0.6 is 0 Å². The zero-order chi connectivity index (χ0) is 15.0. The summed E-state index contributed by atoms with van der Waals surface area (Å²) in [5.41, 5.74) is -0.429. The number of carbonyl (C=O) groups is 2. The van der Waals surface area contributed by atoms with Crippen LogP contribution in [0.1, 0.15) is 27.7 Å². The van der Waals surface area contributed by atoms with Crippen molar-refractivity contribution in [1.29, 1.82) is 0 Å². The van der Waals surface area contributed by atoms with E-state index < -0.39 is 23.2 Å². The van der Waals surface area contributed by atoms with Crippen LogP contribution in [0.2, 0.25) is 0 Å². The van der Waals surface area contributed by atoms with E-state index in [-0.39, 0.29) is 11.9 Å². The normalized spacial score (nSPS) is 26.3. The Balaban J connectivity index is 2.56. The van der Waals surface area contributed by atoms with Crippen molar-refractivity contribution in [3.8, 4) is 0 Å². The van der Waals surface area contributed by atoms with Crippen molar-refractivity contribution in [2.75, 3.05) is 20.6 Å². The number of hydrogen-bond donors (Lipinski definition) is 2. The molecule has 0 bridgehead atoms. The van der Waals surface area contributed by atoms with Crippen molar-refractivity contribution in [2.45, 2.75) is 33.7 Å². The van der Waals surface area contributed by atoms with Gasteiger partial charge >= 0.3 is 5.97 Å². The second-order valence-electron chi connectivity index (χ2n) is 6.64. The Labute approximate surface area is 115 Å². The monoisotopic (exact) mass is 270 g/mol. The molecule has 5 heteroatoms. The highest BCUT2D eigenvalue weighted by Crippen LogP contribution is 2.58. The first-order valence-electron chi connectivity index (χ1n) is 6.77. The molecule has 1 aliphatic carbocycles. The van der Waals surface area contributed by atoms with Gasteiger partial charge in [-0.3, -0.25) is 9.59 Å². The van der Waals surface area contributed by atoms with E-state index in [1.807, 2.05) is 27.9 Å². The van der Waals surface area contributed by atoms with Gasteiger partial charge in [-0.05, 0) is 25.4 Å². The molecule has 0 radical (unpaired) electrons. The quantitative estimate of drug-likeness (QED) is 0.757. The van der Waals surface area contributed by atoms with Crippen LogP contribution in [0.15, 0.2) is 0 Å². The van der Waals surface area contributed by atoms with Crippen LogP contribution in [-0.4, -0.2) is 48.6 Å². The predicted octanol–water partition coefficient (Wildman–Crippen LogP) is 1.05. The summed E-state index contributed by atoms with van der Waals surface area (Å²) in [6.07, 6.45) is 0. The van der Waals surface area contributed by atoms with Crippen molar-refractivity contribution < 1.29 is 14.7 Å². The predicted molar refractivity (Wildman–Crippen MR) is 73.7 cm³/mol. The van der Waals surface area contributed by atoms with Crippen molar-refractivity contribution in [2.24, 2.45) is 23.2 Å². The van der Waals surface area contributed by atoms with E-state index >= 15 is 0 Å². The first-order chi connectivity index (χ1) is 8.60. The van der Waals surface area contributed by atoms with Gasteiger partial charge in [-0.15, -0.1) is 0 Å². The Kier molecular flexibility index (Phi) is 4.61. The van der Waals surface area contributed by atoms with Gasteiger partial charge in [0.25, 0.3) is 0 Å². The molecule has 1 saturated carbocycles. The first kappa shape index (κ1) is 16.0. The van der Waals surface area contributed by atoms with Crippen molar-refractivity contribution in [3.05, 3.63) is 0 Å². The lowest BCUT2D eigenvalue weighted by Crippen LogP contribution is -2.44. The average Bonchev–Trinajstić information content (AvgIpc) is 2.80. The zero-order valence-corrected chi connectivity index (χ0v) is 12.7. The third kappa shape index (κ3) is 3.26. The number of nitrogens with zero attached hydrogens (tertiary/aromatic N) is 1. The topological polar surface area (TPSA) is 69.6 Å². The van der Waals surface area contributed by atoms with Gasteiger partial charge in [0, 0.05) is 12.6 Å². The summed E-state index contributed by atoms with van der Waals surface area (Å²) in [6, 6.07) is 0.258. The third-order valence-corrected chi connectivity index (χ3v) is 4.29. The van der Waals surface area contributed by atoms with E-state index in [9.17, 15) is 9.59 Å². The maximum atomic E-state index is 12.1. The molecule has 3 unspecified atom stereocenters. The van der Waals surface area contributed by atoms with Crippen molar-refractivity contribution in [1.82, 2.24) is 10.2 Å². The smallest absolute Gasteiger partial charge is 0.307 e. The molecule has 3 atom stereocenters. The minimum Gasteiger partial charge on any atom is -0.481 e. The molecule has 1 amide bonds. The Bertz CT molecular complexity index is 356. The Morgan fingerprint density at radius 3 is 2.11 bits per heavy atom. The number of nitrogens with one attached hydrogen (secondary N) is 1. The molecule has 0 aromatic heterocycles. The van der Waals surface area contributed by atoms with Gasteiger partial charge in [-0.25, -0.2) is 0 Å². The van der Waals surface area contributed by atoms with Crippen molar-refractivity contribution >= 4 is 11.9 Å². The molecule has 1 fully saturated rings. The van der Waals surface area contributed by atoms with Crippen LogP contribution in [0.3, 0.4) is 0 Å². The summed E-state index contributed by atoms with van der Waals surface area (Å²) in [5, 5.41) is 12.0. The molecule has 1 rings (SSSR count). The summed E-state index contributed by atoms with van der Waals surface area (Å²) in [4.78, 5) is 25.2.